The maximum absolute atomic E-state index is 5.78. The van der Waals surface area contributed by atoms with Crippen molar-refractivity contribution < 1.29 is 9.47 Å². The van der Waals surface area contributed by atoms with Gasteiger partial charge in [0, 0.05) is 36.5 Å². The molecule has 2 aromatic heterocycles. The van der Waals surface area contributed by atoms with Crippen molar-refractivity contribution in [3.63, 3.8) is 0 Å². The lowest BCUT2D eigenvalue weighted by Gasteiger charge is -2.09. The van der Waals surface area contributed by atoms with Crippen LogP contribution in [0.2, 0.25) is 0 Å². The predicted octanol–water partition coefficient (Wildman–Crippen LogP) is 2.66. The molecule has 0 bridgehead atoms. The quantitative estimate of drug-likeness (QED) is 0.759. The molecule has 0 aliphatic heterocycles. The van der Waals surface area contributed by atoms with E-state index in [1.807, 2.05) is 12.1 Å². The van der Waals surface area contributed by atoms with Crippen molar-refractivity contribution in [2.24, 2.45) is 5.73 Å². The van der Waals surface area contributed by atoms with Crippen LogP contribution in [-0.2, 0) is 13.0 Å². The molecule has 0 aliphatic carbocycles. The smallest absolute Gasteiger partial charge is 0.163 e. The molecule has 116 valence electrons. The van der Waals surface area contributed by atoms with Crippen molar-refractivity contribution in [3.8, 4) is 11.5 Å². The Morgan fingerprint density at radius 1 is 1.23 bits per heavy atom. The number of fused-ring (bicyclic) bond motifs is 1. The standard InChI is InChI=1S/C16H19N3O2S/c1-20-14-9-12-13(10-15(14)21-2)19(6-5-17)16(18-12)8-11-4-3-7-22-11/h3-4,7,9-10H,5-6,8,17H2,1-2H3. The van der Waals surface area contributed by atoms with Crippen molar-refractivity contribution in [3.05, 3.63) is 40.3 Å². The second-order valence-corrected chi connectivity index (χ2v) is 5.95. The lowest BCUT2D eigenvalue weighted by molar-refractivity contribution is 0.355. The van der Waals surface area contributed by atoms with E-state index in [0.29, 0.717) is 18.0 Å². The maximum atomic E-state index is 5.78. The first-order chi connectivity index (χ1) is 10.8. The SMILES string of the molecule is COc1cc2nc(Cc3cccs3)n(CCN)c2cc1OC. The molecular formula is C16H19N3O2S. The molecule has 6 heteroatoms. The van der Waals surface area contributed by atoms with Crippen LogP contribution in [0.15, 0.2) is 29.6 Å². The fourth-order valence-corrected chi connectivity index (χ4v) is 3.29. The Hall–Kier alpha value is -2.05. The number of thiophene rings is 1. The van der Waals surface area contributed by atoms with Gasteiger partial charge in [-0.05, 0) is 11.4 Å². The Balaban J connectivity index is 2.12. The Morgan fingerprint density at radius 3 is 2.64 bits per heavy atom. The highest BCUT2D eigenvalue weighted by Gasteiger charge is 2.15. The van der Waals surface area contributed by atoms with Gasteiger partial charge in [0.2, 0.25) is 0 Å². The van der Waals surface area contributed by atoms with Crippen molar-refractivity contribution in [2.75, 3.05) is 20.8 Å². The summed E-state index contributed by atoms with van der Waals surface area (Å²) >= 11 is 1.74. The minimum Gasteiger partial charge on any atom is -0.493 e. The summed E-state index contributed by atoms with van der Waals surface area (Å²) in [5.41, 5.74) is 7.70. The highest BCUT2D eigenvalue weighted by Crippen LogP contribution is 2.33. The van der Waals surface area contributed by atoms with Gasteiger partial charge in [0.1, 0.15) is 5.82 Å². The molecule has 0 unspecified atom stereocenters. The van der Waals surface area contributed by atoms with Gasteiger partial charge < -0.3 is 19.8 Å². The molecule has 3 rings (SSSR count). The topological polar surface area (TPSA) is 62.3 Å². The summed E-state index contributed by atoms with van der Waals surface area (Å²) in [6.45, 7) is 1.30. The Kier molecular flexibility index (Phi) is 4.31. The molecule has 2 N–H and O–H groups in total. The first-order valence-electron chi connectivity index (χ1n) is 7.10. The van der Waals surface area contributed by atoms with E-state index in [9.17, 15) is 0 Å². The van der Waals surface area contributed by atoms with Gasteiger partial charge in [-0.3, -0.25) is 0 Å². The van der Waals surface area contributed by atoms with Gasteiger partial charge in [-0.25, -0.2) is 4.98 Å². The lowest BCUT2D eigenvalue weighted by atomic mass is 10.2. The Morgan fingerprint density at radius 2 is 2.00 bits per heavy atom. The number of benzene rings is 1. The van der Waals surface area contributed by atoms with Crippen LogP contribution in [0.1, 0.15) is 10.7 Å². The number of ether oxygens (including phenoxy) is 2. The zero-order valence-electron chi connectivity index (χ0n) is 12.7. The van der Waals surface area contributed by atoms with E-state index in [1.54, 1.807) is 25.6 Å². The molecular weight excluding hydrogens is 298 g/mol. The van der Waals surface area contributed by atoms with Gasteiger partial charge in [0.25, 0.3) is 0 Å². The predicted molar refractivity (Wildman–Crippen MR) is 89.0 cm³/mol. The average molecular weight is 317 g/mol. The van der Waals surface area contributed by atoms with Crippen LogP contribution in [0, 0.1) is 0 Å². The van der Waals surface area contributed by atoms with Crippen LogP contribution < -0.4 is 15.2 Å². The fourth-order valence-electron chi connectivity index (χ4n) is 2.58. The molecule has 0 saturated heterocycles. The van der Waals surface area contributed by atoms with Crippen LogP contribution in [0.25, 0.3) is 11.0 Å². The van der Waals surface area contributed by atoms with E-state index in [2.05, 4.69) is 22.1 Å². The van der Waals surface area contributed by atoms with Crippen molar-refractivity contribution >= 4 is 22.4 Å². The number of methoxy groups -OCH3 is 2. The molecule has 5 nitrogen and oxygen atoms in total. The summed E-state index contributed by atoms with van der Waals surface area (Å²) in [6, 6.07) is 8.06. The molecule has 0 radical (unpaired) electrons. The average Bonchev–Trinajstić information content (AvgIpc) is 3.15. The highest BCUT2D eigenvalue weighted by atomic mass is 32.1. The minimum absolute atomic E-state index is 0.567. The summed E-state index contributed by atoms with van der Waals surface area (Å²) in [5, 5.41) is 2.08. The Labute approximate surface area is 133 Å². The van der Waals surface area contributed by atoms with Crippen LogP contribution >= 0.6 is 11.3 Å². The minimum atomic E-state index is 0.567. The maximum Gasteiger partial charge on any atom is 0.163 e. The number of rotatable bonds is 6. The van der Waals surface area contributed by atoms with Gasteiger partial charge >= 0.3 is 0 Å². The largest absolute Gasteiger partial charge is 0.493 e. The zero-order valence-corrected chi connectivity index (χ0v) is 13.5. The Bertz CT molecular complexity index is 765. The number of hydrogen-bond donors (Lipinski definition) is 1. The summed E-state index contributed by atoms with van der Waals surface area (Å²) in [5.74, 6) is 2.41. The first kappa shape index (κ1) is 14.9. The summed E-state index contributed by atoms with van der Waals surface area (Å²) < 4.78 is 12.9. The molecule has 0 saturated carbocycles. The fraction of sp³-hybridized carbons (Fsp3) is 0.312. The van der Waals surface area contributed by atoms with E-state index < -0.39 is 0 Å². The van der Waals surface area contributed by atoms with Crippen molar-refractivity contribution in [1.82, 2.24) is 9.55 Å². The molecule has 2 heterocycles. The van der Waals surface area contributed by atoms with Crippen LogP contribution in [0.4, 0.5) is 0 Å². The van der Waals surface area contributed by atoms with E-state index in [-0.39, 0.29) is 0 Å². The molecule has 0 aliphatic rings. The third-order valence-corrected chi connectivity index (χ3v) is 4.47. The normalized spacial score (nSPS) is 11.0. The molecule has 0 fully saturated rings. The second-order valence-electron chi connectivity index (χ2n) is 4.92. The van der Waals surface area contributed by atoms with Crippen LogP contribution in [-0.4, -0.2) is 30.3 Å². The van der Waals surface area contributed by atoms with Crippen LogP contribution in [0.3, 0.4) is 0 Å². The summed E-state index contributed by atoms with van der Waals surface area (Å²) in [4.78, 5) is 6.05. The third-order valence-electron chi connectivity index (χ3n) is 3.60. The number of aromatic nitrogens is 2. The van der Waals surface area contributed by atoms with Crippen molar-refractivity contribution in [1.29, 1.82) is 0 Å². The lowest BCUT2D eigenvalue weighted by Crippen LogP contribution is -2.12. The number of hydrogen-bond acceptors (Lipinski definition) is 5. The molecule has 3 aromatic rings. The monoisotopic (exact) mass is 317 g/mol. The van der Waals surface area contributed by atoms with E-state index in [4.69, 9.17) is 20.2 Å². The van der Waals surface area contributed by atoms with Crippen molar-refractivity contribution in [2.45, 2.75) is 13.0 Å². The summed E-state index contributed by atoms with van der Waals surface area (Å²) in [6.07, 6.45) is 0.803. The van der Waals surface area contributed by atoms with E-state index in [1.165, 1.54) is 4.88 Å². The molecule has 0 amide bonds. The molecule has 22 heavy (non-hydrogen) atoms. The first-order valence-corrected chi connectivity index (χ1v) is 7.98. The van der Waals surface area contributed by atoms with Crippen LogP contribution in [0.5, 0.6) is 11.5 Å². The number of nitrogens with two attached hydrogens (primary N) is 1. The van der Waals surface area contributed by atoms with Gasteiger partial charge in [-0.2, -0.15) is 0 Å². The van der Waals surface area contributed by atoms with E-state index in [0.717, 1.165) is 29.8 Å². The number of nitrogens with zero attached hydrogens (tertiary/aromatic N) is 2. The van der Waals surface area contributed by atoms with E-state index >= 15 is 0 Å². The van der Waals surface area contributed by atoms with Gasteiger partial charge in [-0.1, -0.05) is 6.07 Å². The highest BCUT2D eigenvalue weighted by molar-refractivity contribution is 7.09. The van der Waals surface area contributed by atoms with Gasteiger partial charge in [-0.15, -0.1) is 11.3 Å². The molecule has 0 spiro atoms. The van der Waals surface area contributed by atoms with Gasteiger partial charge in [0.05, 0.1) is 25.3 Å². The second kappa shape index (κ2) is 6.37. The molecule has 0 atom stereocenters. The summed E-state index contributed by atoms with van der Waals surface area (Å²) in [7, 11) is 3.27. The molecule has 1 aromatic carbocycles. The zero-order chi connectivity index (χ0) is 15.5. The third kappa shape index (κ3) is 2.67. The van der Waals surface area contributed by atoms with Gasteiger partial charge in [0.15, 0.2) is 11.5 Å². The number of imidazole rings is 1.